The highest BCUT2D eigenvalue weighted by Gasteiger charge is 2.20. The lowest BCUT2D eigenvalue weighted by molar-refractivity contribution is -0.0151. The van der Waals surface area contributed by atoms with Gasteiger partial charge in [-0.25, -0.2) is 4.39 Å². The van der Waals surface area contributed by atoms with Crippen molar-refractivity contribution < 1.29 is 13.9 Å². The first-order valence-corrected chi connectivity index (χ1v) is 6.58. The minimum Gasteiger partial charge on any atom is -0.453 e. The van der Waals surface area contributed by atoms with Crippen LogP contribution in [0.15, 0.2) is 54.6 Å². The summed E-state index contributed by atoms with van der Waals surface area (Å²) in [5.74, 6) is 0.900. The molecule has 0 saturated heterocycles. The highest BCUT2D eigenvalue weighted by Crippen LogP contribution is 2.18. The molecular formula is C16H18FNO2. The van der Waals surface area contributed by atoms with Gasteiger partial charge in [0.05, 0.1) is 6.04 Å². The molecule has 0 saturated carbocycles. The number of hydrogen-bond donors (Lipinski definition) is 1. The van der Waals surface area contributed by atoms with Crippen molar-refractivity contribution in [3.63, 3.8) is 0 Å². The van der Waals surface area contributed by atoms with E-state index in [2.05, 4.69) is 0 Å². The smallest absolute Gasteiger partial charge is 0.255 e. The third-order valence-electron chi connectivity index (χ3n) is 2.88. The second-order valence-corrected chi connectivity index (χ2v) is 4.44. The Labute approximate surface area is 118 Å². The number of benzene rings is 2. The molecule has 4 heteroatoms. The summed E-state index contributed by atoms with van der Waals surface area (Å²) in [7, 11) is 0. The molecule has 0 aliphatic carbocycles. The van der Waals surface area contributed by atoms with Crippen LogP contribution in [0.1, 0.15) is 13.3 Å². The molecule has 0 aromatic heterocycles. The van der Waals surface area contributed by atoms with Crippen molar-refractivity contribution in [2.45, 2.75) is 25.7 Å². The molecular weight excluding hydrogens is 257 g/mol. The van der Waals surface area contributed by atoms with Crippen molar-refractivity contribution in [2.24, 2.45) is 5.73 Å². The molecule has 2 aromatic rings. The molecule has 0 bridgehead atoms. The predicted octanol–water partition coefficient (Wildman–Crippen LogP) is 3.35. The Morgan fingerprint density at radius 2 is 1.50 bits per heavy atom. The maximum atomic E-state index is 12.9. The Hall–Kier alpha value is -2.07. The van der Waals surface area contributed by atoms with Crippen molar-refractivity contribution in [1.82, 2.24) is 0 Å². The molecule has 3 nitrogen and oxygen atoms in total. The van der Waals surface area contributed by atoms with Crippen molar-refractivity contribution >= 4 is 0 Å². The average Bonchev–Trinajstić information content (AvgIpc) is 2.49. The van der Waals surface area contributed by atoms with Gasteiger partial charge in [0, 0.05) is 0 Å². The van der Waals surface area contributed by atoms with E-state index >= 15 is 0 Å². The van der Waals surface area contributed by atoms with Crippen LogP contribution in [0.3, 0.4) is 0 Å². The molecule has 0 amide bonds. The molecule has 0 heterocycles. The van der Waals surface area contributed by atoms with Crippen molar-refractivity contribution in [2.75, 3.05) is 0 Å². The number of para-hydroxylation sites is 1. The minimum absolute atomic E-state index is 0.278. The molecule has 106 valence electrons. The van der Waals surface area contributed by atoms with Crippen LogP contribution in [0.2, 0.25) is 0 Å². The molecule has 0 fully saturated rings. The predicted molar refractivity (Wildman–Crippen MR) is 76.2 cm³/mol. The van der Waals surface area contributed by atoms with Gasteiger partial charge in [-0.15, -0.1) is 0 Å². The van der Waals surface area contributed by atoms with Crippen LogP contribution >= 0.6 is 0 Å². The molecule has 0 spiro atoms. The molecule has 2 N–H and O–H groups in total. The topological polar surface area (TPSA) is 44.5 Å². The van der Waals surface area contributed by atoms with E-state index in [1.165, 1.54) is 12.1 Å². The third kappa shape index (κ3) is 3.96. The molecule has 2 atom stereocenters. The maximum Gasteiger partial charge on any atom is 0.255 e. The molecule has 2 rings (SSSR count). The molecule has 0 radical (unpaired) electrons. The van der Waals surface area contributed by atoms with Crippen LogP contribution < -0.4 is 15.2 Å². The summed E-state index contributed by atoms with van der Waals surface area (Å²) < 4.78 is 24.4. The quantitative estimate of drug-likeness (QED) is 0.822. The summed E-state index contributed by atoms with van der Waals surface area (Å²) in [4.78, 5) is 0. The van der Waals surface area contributed by atoms with E-state index < -0.39 is 6.29 Å². The number of hydrogen-bond acceptors (Lipinski definition) is 3. The minimum atomic E-state index is -0.618. The second-order valence-electron chi connectivity index (χ2n) is 4.44. The highest BCUT2D eigenvalue weighted by atomic mass is 19.1. The summed E-state index contributed by atoms with van der Waals surface area (Å²) in [6.45, 7) is 1.96. The number of nitrogens with two attached hydrogens (primary N) is 1. The van der Waals surface area contributed by atoms with Gasteiger partial charge in [0.15, 0.2) is 0 Å². The highest BCUT2D eigenvalue weighted by molar-refractivity contribution is 5.24. The van der Waals surface area contributed by atoms with Gasteiger partial charge in [0.25, 0.3) is 6.29 Å². The van der Waals surface area contributed by atoms with Gasteiger partial charge >= 0.3 is 0 Å². The van der Waals surface area contributed by atoms with Crippen LogP contribution in [-0.2, 0) is 0 Å². The first-order valence-electron chi connectivity index (χ1n) is 6.58. The van der Waals surface area contributed by atoms with Gasteiger partial charge in [-0.2, -0.15) is 0 Å². The van der Waals surface area contributed by atoms with Crippen LogP contribution in [0.5, 0.6) is 11.5 Å². The normalized spacial score (nSPS) is 13.6. The van der Waals surface area contributed by atoms with Gasteiger partial charge in [0.2, 0.25) is 0 Å². The Morgan fingerprint density at radius 3 is 2.05 bits per heavy atom. The first kappa shape index (κ1) is 14.3. The van der Waals surface area contributed by atoms with E-state index in [4.69, 9.17) is 15.2 Å². The molecule has 0 aliphatic heterocycles. The van der Waals surface area contributed by atoms with E-state index in [0.717, 1.165) is 0 Å². The molecule has 2 aromatic carbocycles. The zero-order valence-corrected chi connectivity index (χ0v) is 11.3. The fourth-order valence-electron chi connectivity index (χ4n) is 1.67. The lowest BCUT2D eigenvalue weighted by Gasteiger charge is -2.25. The zero-order chi connectivity index (χ0) is 14.4. The van der Waals surface area contributed by atoms with E-state index in [-0.39, 0.29) is 11.9 Å². The van der Waals surface area contributed by atoms with Crippen molar-refractivity contribution in [1.29, 1.82) is 0 Å². The van der Waals surface area contributed by atoms with Gasteiger partial charge in [-0.1, -0.05) is 25.1 Å². The Bertz CT molecular complexity index is 516. The molecule has 20 heavy (non-hydrogen) atoms. The second kappa shape index (κ2) is 6.91. The van der Waals surface area contributed by atoms with Crippen LogP contribution in [0.4, 0.5) is 4.39 Å². The monoisotopic (exact) mass is 275 g/mol. The standard InChI is InChI=1S/C16H18FNO2/c1-2-15(18)16(19-13-6-4-3-5-7-13)20-14-10-8-12(17)9-11-14/h3-11,15-16H,2,18H2,1H3. The van der Waals surface area contributed by atoms with E-state index in [9.17, 15) is 4.39 Å². The summed E-state index contributed by atoms with van der Waals surface area (Å²) in [5, 5.41) is 0. The summed E-state index contributed by atoms with van der Waals surface area (Å²) >= 11 is 0. The summed E-state index contributed by atoms with van der Waals surface area (Å²) in [6.07, 6.45) is 0.0893. The van der Waals surface area contributed by atoms with E-state index in [1.807, 2.05) is 37.3 Å². The largest absolute Gasteiger partial charge is 0.453 e. The van der Waals surface area contributed by atoms with Crippen molar-refractivity contribution in [3.05, 3.63) is 60.4 Å². The number of rotatable bonds is 6. The van der Waals surface area contributed by atoms with Crippen LogP contribution in [0, 0.1) is 5.82 Å². The van der Waals surface area contributed by atoms with E-state index in [0.29, 0.717) is 17.9 Å². The fourth-order valence-corrected chi connectivity index (χ4v) is 1.67. The van der Waals surface area contributed by atoms with Gasteiger partial charge in [0.1, 0.15) is 17.3 Å². The average molecular weight is 275 g/mol. The molecule has 0 aliphatic rings. The summed E-state index contributed by atoms with van der Waals surface area (Å²) in [6, 6.07) is 14.8. The lowest BCUT2D eigenvalue weighted by atomic mass is 10.2. The zero-order valence-electron chi connectivity index (χ0n) is 11.3. The SMILES string of the molecule is CCC(N)C(Oc1ccccc1)Oc1ccc(F)cc1. The maximum absolute atomic E-state index is 12.9. The first-order chi connectivity index (χ1) is 9.69. The third-order valence-corrected chi connectivity index (χ3v) is 2.88. The van der Waals surface area contributed by atoms with Gasteiger partial charge < -0.3 is 15.2 Å². The van der Waals surface area contributed by atoms with Crippen molar-refractivity contribution in [3.8, 4) is 11.5 Å². The number of halogens is 1. The van der Waals surface area contributed by atoms with Crippen LogP contribution in [0.25, 0.3) is 0 Å². The summed E-state index contributed by atoms with van der Waals surface area (Å²) in [5.41, 5.74) is 6.02. The fraction of sp³-hybridized carbons (Fsp3) is 0.250. The Morgan fingerprint density at radius 1 is 0.950 bits per heavy atom. The Kier molecular flexibility index (Phi) is 4.96. The van der Waals surface area contributed by atoms with Crippen LogP contribution in [-0.4, -0.2) is 12.3 Å². The lowest BCUT2D eigenvalue weighted by Crippen LogP contribution is -2.42. The molecule has 2 unspecified atom stereocenters. The van der Waals surface area contributed by atoms with E-state index in [1.54, 1.807) is 12.1 Å². The van der Waals surface area contributed by atoms with Gasteiger partial charge in [-0.3, -0.25) is 0 Å². The van der Waals surface area contributed by atoms with Gasteiger partial charge in [-0.05, 0) is 42.8 Å². The number of ether oxygens (including phenoxy) is 2. The Balaban J connectivity index is 2.09.